The molecule has 0 bridgehead atoms. The summed E-state index contributed by atoms with van der Waals surface area (Å²) in [6.07, 6.45) is 5.08. The van der Waals surface area contributed by atoms with Gasteiger partial charge in [-0.3, -0.25) is 4.79 Å². The molecular formula is C25H27N5O. The minimum atomic E-state index is -0.559. The number of rotatable bonds is 5. The predicted molar refractivity (Wildman–Crippen MR) is 122 cm³/mol. The van der Waals surface area contributed by atoms with Crippen molar-refractivity contribution in [1.29, 1.82) is 5.41 Å². The molecule has 1 spiro atoms. The van der Waals surface area contributed by atoms with E-state index in [1.807, 2.05) is 37.3 Å². The molecule has 2 aliphatic rings. The topological polar surface area (TPSA) is 96.0 Å². The first-order chi connectivity index (χ1) is 14.9. The number of carbonyl (C=O) groups is 1. The van der Waals surface area contributed by atoms with Crippen molar-refractivity contribution in [1.82, 2.24) is 10.2 Å². The van der Waals surface area contributed by atoms with E-state index in [1.165, 1.54) is 0 Å². The van der Waals surface area contributed by atoms with Crippen molar-refractivity contribution in [3.05, 3.63) is 64.9 Å². The van der Waals surface area contributed by atoms with E-state index in [0.717, 1.165) is 54.9 Å². The van der Waals surface area contributed by atoms with Crippen LogP contribution in [0.4, 0.5) is 5.82 Å². The monoisotopic (exact) mass is 413 g/mol. The van der Waals surface area contributed by atoms with Crippen LogP contribution in [-0.2, 0) is 0 Å². The van der Waals surface area contributed by atoms with Crippen LogP contribution >= 0.6 is 0 Å². The van der Waals surface area contributed by atoms with Gasteiger partial charge in [-0.2, -0.15) is 0 Å². The molecule has 3 N–H and O–H groups in total. The molecule has 6 heteroatoms. The number of primary amides is 1. The van der Waals surface area contributed by atoms with Gasteiger partial charge in [-0.15, -0.1) is 10.2 Å². The largest absolute Gasteiger partial charge is 0.364 e. The number of nitrogens with one attached hydrogen (secondary N) is 1. The summed E-state index contributed by atoms with van der Waals surface area (Å²) in [5.41, 5.74) is 9.32. The molecule has 1 aromatic heterocycles. The Labute approximate surface area is 183 Å². The highest BCUT2D eigenvalue weighted by Crippen LogP contribution is 2.52. The van der Waals surface area contributed by atoms with Gasteiger partial charge >= 0.3 is 0 Å². The minimum Gasteiger partial charge on any atom is -0.364 e. The fourth-order valence-electron chi connectivity index (χ4n) is 4.51. The van der Waals surface area contributed by atoms with Crippen molar-refractivity contribution in [3.8, 4) is 11.8 Å². The van der Waals surface area contributed by atoms with Gasteiger partial charge in [0.05, 0.1) is 5.71 Å². The third kappa shape index (κ3) is 4.22. The number of benzene rings is 1. The fourth-order valence-corrected chi connectivity index (χ4v) is 4.51. The SMILES string of the molecule is C/C=C(\CC)C(=N)c1ccc(C#CC2CC3(C2)CN(c2ccc(C(N)=O)nn2)C3)cc1. The lowest BCUT2D eigenvalue weighted by atomic mass is 9.58. The number of nitrogens with zero attached hydrogens (tertiary/aromatic N) is 3. The Bertz CT molecular complexity index is 1080. The number of carbonyl (C=O) groups excluding carboxylic acids is 1. The van der Waals surface area contributed by atoms with Crippen molar-refractivity contribution in [3.63, 3.8) is 0 Å². The molecule has 6 nitrogen and oxygen atoms in total. The van der Waals surface area contributed by atoms with Crippen LogP contribution in [0.1, 0.15) is 54.7 Å². The molecule has 4 rings (SSSR count). The quantitative estimate of drug-likeness (QED) is 0.579. The van der Waals surface area contributed by atoms with E-state index in [9.17, 15) is 4.79 Å². The number of nitrogens with two attached hydrogens (primary N) is 1. The van der Waals surface area contributed by atoms with E-state index >= 15 is 0 Å². The highest BCUT2D eigenvalue weighted by atomic mass is 16.1. The van der Waals surface area contributed by atoms with Crippen LogP contribution in [0.25, 0.3) is 0 Å². The summed E-state index contributed by atoms with van der Waals surface area (Å²) in [6, 6.07) is 11.4. The second kappa shape index (κ2) is 8.35. The molecule has 0 atom stereocenters. The van der Waals surface area contributed by atoms with Crippen molar-refractivity contribution in [2.75, 3.05) is 18.0 Å². The number of aromatic nitrogens is 2. The Morgan fingerprint density at radius 1 is 1.23 bits per heavy atom. The Hall–Kier alpha value is -3.46. The van der Waals surface area contributed by atoms with E-state index in [-0.39, 0.29) is 5.69 Å². The Kier molecular flexibility index (Phi) is 5.60. The van der Waals surface area contributed by atoms with Gasteiger partial charge < -0.3 is 16.0 Å². The van der Waals surface area contributed by atoms with Crippen LogP contribution in [0.5, 0.6) is 0 Å². The van der Waals surface area contributed by atoms with E-state index in [1.54, 1.807) is 12.1 Å². The summed E-state index contributed by atoms with van der Waals surface area (Å²) in [4.78, 5) is 13.3. The van der Waals surface area contributed by atoms with Gasteiger partial charge in [-0.25, -0.2) is 0 Å². The van der Waals surface area contributed by atoms with Gasteiger partial charge in [-0.05, 0) is 61.6 Å². The van der Waals surface area contributed by atoms with E-state index < -0.39 is 5.91 Å². The first-order valence-electron chi connectivity index (χ1n) is 10.7. The molecule has 1 amide bonds. The maximum Gasteiger partial charge on any atom is 0.269 e. The average Bonchev–Trinajstić information content (AvgIpc) is 2.73. The average molecular weight is 414 g/mol. The zero-order valence-electron chi connectivity index (χ0n) is 18.0. The lowest BCUT2D eigenvalue weighted by Gasteiger charge is -2.58. The normalized spacial score (nSPS) is 17.4. The minimum absolute atomic E-state index is 0.190. The molecule has 1 aliphatic carbocycles. The summed E-state index contributed by atoms with van der Waals surface area (Å²) in [5.74, 6) is 7.38. The third-order valence-electron chi connectivity index (χ3n) is 6.28. The van der Waals surface area contributed by atoms with Crippen LogP contribution in [0, 0.1) is 28.6 Å². The van der Waals surface area contributed by atoms with Crippen molar-refractivity contribution in [2.45, 2.75) is 33.1 Å². The number of anilines is 1. The van der Waals surface area contributed by atoms with Crippen LogP contribution in [0.2, 0.25) is 0 Å². The lowest BCUT2D eigenvalue weighted by molar-refractivity contribution is 0.0521. The molecule has 1 aromatic carbocycles. The standard InChI is InChI=1S/C25H27N5O/c1-3-19(4-2)23(26)20-9-7-17(8-10-20)5-6-18-13-25(14-18)15-30(16-25)22-12-11-21(24(27)31)28-29-22/h3,7-12,18,26H,4,13-16H2,1-2H3,(H2,27,31)/b19-3+,26-23?. The first-order valence-corrected chi connectivity index (χ1v) is 10.7. The highest BCUT2D eigenvalue weighted by molar-refractivity contribution is 6.10. The maximum atomic E-state index is 11.1. The van der Waals surface area contributed by atoms with Gasteiger partial charge in [0, 0.05) is 30.0 Å². The van der Waals surface area contributed by atoms with E-state index in [2.05, 4.69) is 33.9 Å². The maximum absolute atomic E-state index is 11.1. The molecule has 2 heterocycles. The van der Waals surface area contributed by atoms with Crippen molar-refractivity contribution in [2.24, 2.45) is 17.1 Å². The summed E-state index contributed by atoms with van der Waals surface area (Å²) in [6.45, 7) is 5.96. The zero-order chi connectivity index (χ0) is 22.0. The molecule has 158 valence electrons. The molecule has 1 saturated heterocycles. The molecule has 31 heavy (non-hydrogen) atoms. The Morgan fingerprint density at radius 3 is 2.48 bits per heavy atom. The Morgan fingerprint density at radius 2 is 1.94 bits per heavy atom. The number of hydrogen-bond acceptors (Lipinski definition) is 5. The summed E-state index contributed by atoms with van der Waals surface area (Å²) in [5, 5.41) is 16.3. The number of hydrogen-bond donors (Lipinski definition) is 2. The molecule has 2 aromatic rings. The third-order valence-corrected chi connectivity index (χ3v) is 6.28. The lowest BCUT2D eigenvalue weighted by Crippen LogP contribution is -2.62. The smallest absolute Gasteiger partial charge is 0.269 e. The van der Waals surface area contributed by atoms with Crippen LogP contribution in [0.3, 0.4) is 0 Å². The zero-order valence-corrected chi connectivity index (χ0v) is 18.0. The molecule has 2 fully saturated rings. The molecule has 1 saturated carbocycles. The van der Waals surface area contributed by atoms with Crippen LogP contribution in [0.15, 0.2) is 48.0 Å². The second-order valence-electron chi connectivity index (χ2n) is 8.49. The van der Waals surface area contributed by atoms with Gasteiger partial charge in [0.1, 0.15) is 0 Å². The fraction of sp³-hybridized carbons (Fsp3) is 0.360. The summed E-state index contributed by atoms with van der Waals surface area (Å²) in [7, 11) is 0. The van der Waals surface area contributed by atoms with Crippen molar-refractivity contribution < 1.29 is 4.79 Å². The predicted octanol–water partition coefficient (Wildman–Crippen LogP) is 3.57. The molecule has 1 aliphatic heterocycles. The van der Waals surface area contributed by atoms with E-state index in [4.69, 9.17) is 11.1 Å². The molecular weight excluding hydrogens is 386 g/mol. The van der Waals surface area contributed by atoms with Gasteiger partial charge in [0.2, 0.25) is 0 Å². The highest BCUT2D eigenvalue weighted by Gasteiger charge is 2.52. The number of amides is 1. The molecule has 0 radical (unpaired) electrons. The number of allylic oxidation sites excluding steroid dienone is 2. The first kappa shape index (κ1) is 20.8. The van der Waals surface area contributed by atoms with Gasteiger partial charge in [-0.1, -0.05) is 37.0 Å². The van der Waals surface area contributed by atoms with Crippen molar-refractivity contribution >= 4 is 17.4 Å². The van der Waals surface area contributed by atoms with Gasteiger partial charge in [0.25, 0.3) is 5.91 Å². The van der Waals surface area contributed by atoms with Crippen LogP contribution < -0.4 is 10.6 Å². The summed E-state index contributed by atoms with van der Waals surface area (Å²) >= 11 is 0. The van der Waals surface area contributed by atoms with Gasteiger partial charge in [0.15, 0.2) is 11.5 Å². The Balaban J connectivity index is 1.29. The molecule has 0 unspecified atom stereocenters. The van der Waals surface area contributed by atoms with E-state index in [0.29, 0.717) is 17.0 Å². The second-order valence-corrected chi connectivity index (χ2v) is 8.49. The van der Waals surface area contributed by atoms with Crippen LogP contribution in [-0.4, -0.2) is 34.9 Å². The summed E-state index contributed by atoms with van der Waals surface area (Å²) < 4.78 is 0.